The third-order valence-corrected chi connectivity index (χ3v) is 3.96. The van der Waals surface area contributed by atoms with Gasteiger partial charge >= 0.3 is 24.3 Å². The Bertz CT molecular complexity index is 823. The molecule has 1 amide bonds. The Labute approximate surface area is 183 Å². The smallest absolute Gasteiger partial charge is 0.328 e. The number of aliphatic imine (C=N–C) groups is 1. The van der Waals surface area contributed by atoms with E-state index in [1.807, 2.05) is 0 Å². The van der Waals surface area contributed by atoms with E-state index in [0.29, 0.717) is 29.4 Å². The number of halogens is 4. The number of nitrogens with one attached hydrogen (secondary N) is 1. The minimum Gasteiger partial charge on any atom is -0.478 e. The Balaban J connectivity index is 0.00000102. The number of amides is 1. The average Bonchev–Trinajstić information content (AvgIpc) is 2.69. The number of carboxylic acid groups (broad SMARTS) is 2. The maximum atomic E-state index is 12.7. The van der Waals surface area contributed by atoms with Gasteiger partial charge < -0.3 is 27.0 Å². The van der Waals surface area contributed by atoms with Crippen molar-refractivity contribution in [3.8, 4) is 0 Å². The molecule has 1 aromatic rings. The topological polar surface area (TPSA) is 181 Å². The molecule has 0 spiro atoms. The van der Waals surface area contributed by atoms with Crippen LogP contribution in [0.5, 0.6) is 0 Å². The summed E-state index contributed by atoms with van der Waals surface area (Å²) in [5, 5.41) is 18.7. The SMILES string of the molecule is NC(=O)CCCSc1cccc(NC(N)=NCC(F)(F)C(F)F)n1.O=C(O)/C=C\C(=O)O. The van der Waals surface area contributed by atoms with Crippen LogP contribution in [0.4, 0.5) is 23.4 Å². The number of hydrogen-bond acceptors (Lipinski definition) is 6. The van der Waals surface area contributed by atoms with E-state index in [2.05, 4.69) is 15.3 Å². The number of alkyl halides is 4. The molecule has 0 saturated carbocycles. The van der Waals surface area contributed by atoms with Gasteiger partial charge in [-0.2, -0.15) is 8.78 Å². The monoisotopic (exact) mass is 483 g/mol. The minimum atomic E-state index is -4.24. The lowest BCUT2D eigenvalue weighted by atomic mass is 10.3. The molecule has 0 aliphatic rings. The Morgan fingerprint density at radius 2 is 1.78 bits per heavy atom. The van der Waals surface area contributed by atoms with Gasteiger partial charge in [0.1, 0.15) is 12.4 Å². The molecule has 178 valence electrons. The molecule has 15 heteroatoms. The third-order valence-electron chi connectivity index (χ3n) is 2.95. The lowest BCUT2D eigenvalue weighted by molar-refractivity contribution is -0.134. The molecule has 32 heavy (non-hydrogen) atoms. The van der Waals surface area contributed by atoms with E-state index in [0.717, 1.165) is 0 Å². The standard InChI is InChI=1S/C13H17F4N5OS.C4H4O4/c14-11(15)13(16,17)7-20-12(19)22-9-4-1-5-10(21-9)24-6-2-3-8(18)23;5-3(6)1-2-4(7)8/h1,4-5,11H,2-3,6-7H2,(H2,18,23)(H3,19,20,21,22);1-2H,(H,5,6)(H,7,8)/b;2-1-. The van der Waals surface area contributed by atoms with Gasteiger partial charge in [-0.1, -0.05) is 6.07 Å². The maximum absolute atomic E-state index is 12.7. The van der Waals surface area contributed by atoms with E-state index in [9.17, 15) is 31.9 Å². The van der Waals surface area contributed by atoms with Crippen molar-refractivity contribution in [3.63, 3.8) is 0 Å². The Morgan fingerprint density at radius 3 is 2.28 bits per heavy atom. The Hall–Kier alpha value is -3.36. The highest BCUT2D eigenvalue weighted by Crippen LogP contribution is 2.23. The number of guanidine groups is 1. The lowest BCUT2D eigenvalue weighted by Crippen LogP contribution is -2.33. The molecule has 0 fully saturated rings. The second kappa shape index (κ2) is 14.6. The highest BCUT2D eigenvalue weighted by atomic mass is 32.2. The van der Waals surface area contributed by atoms with Gasteiger partial charge in [-0.25, -0.2) is 28.3 Å². The molecule has 1 rings (SSSR count). The summed E-state index contributed by atoms with van der Waals surface area (Å²) in [5.74, 6) is -6.74. The van der Waals surface area contributed by atoms with Gasteiger partial charge in [0.15, 0.2) is 5.96 Å². The van der Waals surface area contributed by atoms with Crippen molar-refractivity contribution in [1.29, 1.82) is 0 Å². The first-order chi connectivity index (χ1) is 14.8. The van der Waals surface area contributed by atoms with Crippen LogP contribution in [-0.2, 0) is 14.4 Å². The van der Waals surface area contributed by atoms with Gasteiger partial charge in [-0.3, -0.25) is 4.79 Å². The van der Waals surface area contributed by atoms with Crippen LogP contribution in [-0.4, -0.2) is 63.6 Å². The second-order valence-corrected chi connectivity index (χ2v) is 6.79. The molecule has 0 bridgehead atoms. The molecule has 1 aromatic heterocycles. The predicted molar refractivity (Wildman–Crippen MR) is 109 cm³/mol. The zero-order chi connectivity index (χ0) is 24.7. The van der Waals surface area contributed by atoms with Crippen LogP contribution in [0.25, 0.3) is 0 Å². The molecule has 0 saturated heterocycles. The number of nitrogens with two attached hydrogens (primary N) is 2. The van der Waals surface area contributed by atoms with Gasteiger partial charge in [0, 0.05) is 18.6 Å². The summed E-state index contributed by atoms with van der Waals surface area (Å²) in [5.41, 5.74) is 10.4. The average molecular weight is 483 g/mol. The molecular weight excluding hydrogens is 462 g/mol. The van der Waals surface area contributed by atoms with Crippen molar-refractivity contribution in [2.75, 3.05) is 17.6 Å². The summed E-state index contributed by atoms with van der Waals surface area (Å²) in [7, 11) is 0. The summed E-state index contributed by atoms with van der Waals surface area (Å²) in [4.78, 5) is 37.1. The van der Waals surface area contributed by atoms with Crippen molar-refractivity contribution in [1.82, 2.24) is 4.98 Å². The maximum Gasteiger partial charge on any atom is 0.328 e. The molecule has 0 aliphatic carbocycles. The van der Waals surface area contributed by atoms with Crippen LogP contribution in [0, 0.1) is 0 Å². The molecule has 0 atom stereocenters. The van der Waals surface area contributed by atoms with Crippen molar-refractivity contribution in [3.05, 3.63) is 30.4 Å². The van der Waals surface area contributed by atoms with Crippen molar-refractivity contribution in [2.45, 2.75) is 30.2 Å². The van der Waals surface area contributed by atoms with Crippen LogP contribution in [0.2, 0.25) is 0 Å². The normalized spacial score (nSPS) is 11.7. The molecular formula is C17H21F4N5O5S. The highest BCUT2D eigenvalue weighted by molar-refractivity contribution is 7.99. The first-order valence-electron chi connectivity index (χ1n) is 8.58. The van der Waals surface area contributed by atoms with Gasteiger partial charge in [0.25, 0.3) is 0 Å². The highest BCUT2D eigenvalue weighted by Gasteiger charge is 2.40. The number of thioether (sulfide) groups is 1. The zero-order valence-electron chi connectivity index (χ0n) is 16.4. The van der Waals surface area contributed by atoms with E-state index in [4.69, 9.17) is 21.7 Å². The second-order valence-electron chi connectivity index (χ2n) is 5.68. The van der Waals surface area contributed by atoms with Crippen LogP contribution >= 0.6 is 11.8 Å². The molecule has 0 aromatic carbocycles. The third kappa shape index (κ3) is 14.6. The number of rotatable bonds is 11. The minimum absolute atomic E-state index is 0.233. The van der Waals surface area contributed by atoms with E-state index in [-0.39, 0.29) is 18.1 Å². The van der Waals surface area contributed by atoms with Crippen molar-refractivity contribution < 1.29 is 42.2 Å². The fourth-order valence-electron chi connectivity index (χ4n) is 1.56. The summed E-state index contributed by atoms with van der Waals surface area (Å²) in [6, 6.07) is 4.87. The molecule has 7 N–H and O–H groups in total. The van der Waals surface area contributed by atoms with Crippen LogP contribution in [0.15, 0.2) is 40.4 Å². The summed E-state index contributed by atoms with van der Waals surface area (Å²) in [6.45, 7) is -1.43. The van der Waals surface area contributed by atoms with E-state index in [1.54, 1.807) is 12.1 Å². The molecule has 0 unspecified atom stereocenters. The first kappa shape index (κ1) is 28.6. The number of aromatic nitrogens is 1. The summed E-state index contributed by atoms with van der Waals surface area (Å²) in [6.07, 6.45) is -1.84. The number of nitrogens with zero attached hydrogens (tertiary/aromatic N) is 2. The van der Waals surface area contributed by atoms with E-state index in [1.165, 1.54) is 17.8 Å². The van der Waals surface area contributed by atoms with E-state index < -0.39 is 36.8 Å². The number of primary amides is 1. The van der Waals surface area contributed by atoms with Crippen LogP contribution < -0.4 is 16.8 Å². The van der Waals surface area contributed by atoms with Gasteiger partial charge in [0.2, 0.25) is 5.91 Å². The number of carbonyl (C=O) groups excluding carboxylic acids is 1. The number of pyridine rings is 1. The van der Waals surface area contributed by atoms with Crippen LogP contribution in [0.1, 0.15) is 12.8 Å². The molecule has 0 radical (unpaired) electrons. The molecule has 10 nitrogen and oxygen atoms in total. The Kier molecular flexibility index (Phi) is 13.1. The summed E-state index contributed by atoms with van der Waals surface area (Å²) < 4.78 is 49.5. The largest absolute Gasteiger partial charge is 0.478 e. The predicted octanol–water partition coefficient (Wildman–Crippen LogP) is 1.78. The van der Waals surface area contributed by atoms with Crippen LogP contribution in [0.3, 0.4) is 0 Å². The number of hydrogen-bond donors (Lipinski definition) is 5. The van der Waals surface area contributed by atoms with Gasteiger partial charge in [-0.05, 0) is 24.3 Å². The van der Waals surface area contributed by atoms with E-state index >= 15 is 0 Å². The molecule has 1 heterocycles. The molecule has 0 aliphatic heterocycles. The summed E-state index contributed by atoms with van der Waals surface area (Å²) >= 11 is 1.37. The van der Waals surface area contributed by atoms with Crippen molar-refractivity contribution in [2.24, 2.45) is 16.5 Å². The number of carboxylic acids is 2. The fraction of sp³-hybridized carbons (Fsp3) is 0.353. The van der Waals surface area contributed by atoms with Crippen molar-refractivity contribution >= 4 is 41.4 Å². The fourth-order valence-corrected chi connectivity index (χ4v) is 2.40. The Morgan fingerprint density at radius 1 is 1.19 bits per heavy atom. The van der Waals surface area contributed by atoms with Gasteiger partial charge in [0.05, 0.1) is 5.03 Å². The lowest BCUT2D eigenvalue weighted by Gasteiger charge is -2.13. The quantitative estimate of drug-likeness (QED) is 0.0782. The zero-order valence-corrected chi connectivity index (χ0v) is 17.2. The number of carbonyl (C=O) groups is 3. The van der Waals surface area contributed by atoms with Gasteiger partial charge in [-0.15, -0.1) is 11.8 Å². The number of anilines is 1. The first-order valence-corrected chi connectivity index (χ1v) is 9.57. The number of aliphatic carboxylic acids is 2.